The number of hydrogen-bond acceptors (Lipinski definition) is 4. The van der Waals surface area contributed by atoms with Crippen LogP contribution in [0.25, 0.3) is 11.1 Å². The number of hydrogen-bond donors (Lipinski definition) is 2. The number of alkyl carbamates (subject to hydrolysis) is 1. The summed E-state index contributed by atoms with van der Waals surface area (Å²) in [5.41, 5.74) is 0.547. The van der Waals surface area contributed by atoms with Gasteiger partial charge in [-0.15, -0.1) is 0 Å². The Kier molecular flexibility index (Phi) is 5.30. The molecule has 4 atom stereocenters. The molecule has 3 aliphatic rings. The van der Waals surface area contributed by atoms with Crippen LogP contribution in [0, 0.1) is 17.8 Å². The summed E-state index contributed by atoms with van der Waals surface area (Å²) in [6, 6.07) is 15.1. The second kappa shape index (κ2) is 8.00. The SMILES string of the molecule is CC(NC(=O)OCC1c2ccccc2-c2ccccc21)(C(=O)N1C[C@@H]2C(C(=O)O)[C@@H]2C1)C(F)(F)F. The van der Waals surface area contributed by atoms with Crippen LogP contribution in [-0.4, -0.2) is 59.4 Å². The lowest BCUT2D eigenvalue weighted by molar-refractivity contribution is -0.200. The molecule has 1 aliphatic heterocycles. The topological polar surface area (TPSA) is 95.9 Å². The summed E-state index contributed by atoms with van der Waals surface area (Å²) in [6.07, 6.45) is -6.44. The molecule has 0 aromatic heterocycles. The van der Waals surface area contributed by atoms with Gasteiger partial charge >= 0.3 is 18.2 Å². The van der Waals surface area contributed by atoms with Crippen molar-refractivity contribution < 1.29 is 37.4 Å². The minimum atomic E-state index is -5.09. The smallest absolute Gasteiger partial charge is 0.420 e. The van der Waals surface area contributed by atoms with Gasteiger partial charge in [0.2, 0.25) is 5.54 Å². The van der Waals surface area contributed by atoms with Crippen molar-refractivity contribution in [1.82, 2.24) is 10.2 Å². The Bertz CT molecular complexity index is 1160. The molecule has 0 spiro atoms. The second-order valence-electron chi connectivity index (χ2n) is 9.48. The number of nitrogens with one attached hydrogen (secondary N) is 1. The van der Waals surface area contributed by atoms with Crippen LogP contribution in [0.15, 0.2) is 48.5 Å². The maximum atomic E-state index is 14.0. The number of nitrogens with zero attached hydrogens (tertiary/aromatic N) is 1. The molecule has 10 heteroatoms. The van der Waals surface area contributed by atoms with Gasteiger partial charge in [-0.05, 0) is 41.0 Å². The predicted octanol–water partition coefficient (Wildman–Crippen LogP) is 3.64. The Morgan fingerprint density at radius 2 is 1.51 bits per heavy atom. The van der Waals surface area contributed by atoms with E-state index in [9.17, 15) is 27.6 Å². The van der Waals surface area contributed by atoms with E-state index in [1.807, 2.05) is 48.5 Å². The highest BCUT2D eigenvalue weighted by molar-refractivity contribution is 5.91. The van der Waals surface area contributed by atoms with Gasteiger partial charge < -0.3 is 14.7 Å². The van der Waals surface area contributed by atoms with Crippen LogP contribution in [0.3, 0.4) is 0 Å². The summed E-state index contributed by atoms with van der Waals surface area (Å²) in [4.78, 5) is 37.5. The highest BCUT2D eigenvalue weighted by atomic mass is 19.4. The van der Waals surface area contributed by atoms with E-state index in [-0.39, 0.29) is 37.5 Å². The molecule has 2 unspecified atom stereocenters. The first kappa shape index (κ1) is 23.2. The summed E-state index contributed by atoms with van der Waals surface area (Å²) in [5, 5.41) is 10.9. The predicted molar refractivity (Wildman–Crippen MR) is 117 cm³/mol. The number of halogens is 3. The summed E-state index contributed by atoms with van der Waals surface area (Å²) < 4.78 is 47.2. The third kappa shape index (κ3) is 3.71. The minimum Gasteiger partial charge on any atom is -0.481 e. The van der Waals surface area contributed by atoms with Gasteiger partial charge in [0.25, 0.3) is 5.91 Å². The van der Waals surface area contributed by atoms with Crippen LogP contribution in [0.1, 0.15) is 24.0 Å². The van der Waals surface area contributed by atoms with Crippen molar-refractivity contribution in [2.24, 2.45) is 17.8 Å². The van der Waals surface area contributed by atoms with E-state index >= 15 is 0 Å². The Labute approximate surface area is 198 Å². The van der Waals surface area contributed by atoms with E-state index in [0.717, 1.165) is 27.2 Å². The average molecular weight is 488 g/mol. The van der Waals surface area contributed by atoms with Gasteiger partial charge in [-0.3, -0.25) is 14.9 Å². The number of carbonyl (C=O) groups is 3. The molecule has 5 rings (SSSR count). The molecule has 35 heavy (non-hydrogen) atoms. The largest absolute Gasteiger partial charge is 0.481 e. The van der Waals surface area contributed by atoms with Crippen LogP contribution in [0.2, 0.25) is 0 Å². The highest BCUT2D eigenvalue weighted by Crippen LogP contribution is 2.52. The van der Waals surface area contributed by atoms with Gasteiger partial charge in [0, 0.05) is 19.0 Å². The molecule has 2 fully saturated rings. The van der Waals surface area contributed by atoms with Crippen molar-refractivity contribution in [3.05, 3.63) is 59.7 Å². The number of likely N-dealkylation sites (tertiary alicyclic amines) is 1. The normalized spacial score (nSPS) is 24.1. The van der Waals surface area contributed by atoms with E-state index in [1.165, 1.54) is 0 Å². The first-order chi connectivity index (χ1) is 16.5. The standard InChI is InChI=1S/C25H23F3N2O5/c1-24(25(26,27)28,22(33)30-10-17-18(11-30)20(17)21(31)32)29-23(34)35-12-19-15-8-4-2-6-13(15)14-7-3-5-9-16(14)19/h2-9,17-20H,10-12H2,1H3,(H,29,34)(H,31,32)/t17-,18+,20?,24?. The lowest BCUT2D eigenvalue weighted by atomic mass is 9.98. The average Bonchev–Trinajstić information content (AvgIpc) is 3.17. The number of alkyl halides is 3. The molecule has 1 saturated carbocycles. The number of piperidine rings is 1. The highest BCUT2D eigenvalue weighted by Gasteiger charge is 2.65. The van der Waals surface area contributed by atoms with Crippen LogP contribution in [0.5, 0.6) is 0 Å². The summed E-state index contributed by atoms with van der Waals surface area (Å²) in [7, 11) is 0. The van der Waals surface area contributed by atoms with Crippen LogP contribution in [0.4, 0.5) is 18.0 Å². The number of amides is 2. The monoisotopic (exact) mass is 488 g/mol. The number of carboxylic acids is 1. The Morgan fingerprint density at radius 1 is 1.00 bits per heavy atom. The molecule has 184 valence electrons. The number of rotatable bonds is 5. The molecule has 0 bridgehead atoms. The molecular weight excluding hydrogens is 465 g/mol. The molecule has 2 aromatic rings. The Morgan fingerprint density at radius 3 is 2.00 bits per heavy atom. The van der Waals surface area contributed by atoms with Crippen molar-refractivity contribution in [2.75, 3.05) is 19.7 Å². The van der Waals surface area contributed by atoms with Crippen molar-refractivity contribution >= 4 is 18.0 Å². The quantitative estimate of drug-likeness (QED) is 0.670. The van der Waals surface area contributed by atoms with Gasteiger partial charge in [0.05, 0.1) is 5.92 Å². The first-order valence-electron chi connectivity index (χ1n) is 11.2. The molecule has 2 aromatic carbocycles. The molecule has 2 N–H and O–H groups in total. The summed E-state index contributed by atoms with van der Waals surface area (Å²) >= 11 is 0. The summed E-state index contributed by atoms with van der Waals surface area (Å²) in [5.74, 6) is -4.03. The number of carbonyl (C=O) groups excluding carboxylic acids is 2. The molecule has 2 aliphatic carbocycles. The van der Waals surface area contributed by atoms with Crippen molar-refractivity contribution in [3.8, 4) is 11.1 Å². The second-order valence-corrected chi connectivity index (χ2v) is 9.48. The van der Waals surface area contributed by atoms with Gasteiger partial charge in [-0.25, -0.2) is 4.79 Å². The van der Waals surface area contributed by atoms with E-state index in [0.29, 0.717) is 6.92 Å². The molecule has 1 saturated heterocycles. The minimum absolute atomic E-state index is 0.0848. The number of carboxylic acid groups (broad SMARTS) is 1. The van der Waals surface area contributed by atoms with Crippen molar-refractivity contribution in [3.63, 3.8) is 0 Å². The number of fused-ring (bicyclic) bond motifs is 4. The van der Waals surface area contributed by atoms with E-state index < -0.39 is 35.6 Å². The lowest BCUT2D eigenvalue weighted by Gasteiger charge is -2.35. The number of aliphatic carboxylic acids is 1. The van der Waals surface area contributed by atoms with Crippen molar-refractivity contribution in [2.45, 2.75) is 24.6 Å². The van der Waals surface area contributed by atoms with E-state index in [1.54, 1.807) is 5.32 Å². The fourth-order valence-electron chi connectivity index (χ4n) is 5.46. The van der Waals surface area contributed by atoms with Gasteiger partial charge in [0.15, 0.2) is 0 Å². The molecular formula is C25H23F3N2O5. The van der Waals surface area contributed by atoms with Gasteiger partial charge in [-0.2, -0.15) is 13.2 Å². The third-order valence-electron chi connectivity index (χ3n) is 7.46. The van der Waals surface area contributed by atoms with Crippen LogP contribution < -0.4 is 5.32 Å². The zero-order valence-corrected chi connectivity index (χ0v) is 18.7. The third-order valence-corrected chi connectivity index (χ3v) is 7.46. The molecule has 7 nitrogen and oxygen atoms in total. The zero-order chi connectivity index (χ0) is 25.1. The van der Waals surface area contributed by atoms with Crippen LogP contribution >= 0.6 is 0 Å². The fraction of sp³-hybridized carbons (Fsp3) is 0.400. The fourth-order valence-corrected chi connectivity index (χ4v) is 5.46. The van der Waals surface area contributed by atoms with Gasteiger partial charge in [-0.1, -0.05) is 48.5 Å². The van der Waals surface area contributed by atoms with Gasteiger partial charge in [0.1, 0.15) is 6.61 Å². The lowest BCUT2D eigenvalue weighted by Crippen LogP contribution is -2.66. The van der Waals surface area contributed by atoms with Crippen LogP contribution in [-0.2, 0) is 14.3 Å². The molecule has 2 amide bonds. The zero-order valence-electron chi connectivity index (χ0n) is 18.7. The first-order valence-corrected chi connectivity index (χ1v) is 11.2. The molecule has 1 heterocycles. The Hall–Kier alpha value is -3.56. The number of benzene rings is 2. The van der Waals surface area contributed by atoms with E-state index in [4.69, 9.17) is 9.84 Å². The van der Waals surface area contributed by atoms with E-state index in [2.05, 4.69) is 0 Å². The Balaban J connectivity index is 1.28. The maximum absolute atomic E-state index is 14.0. The maximum Gasteiger partial charge on any atom is 0.420 e. The summed E-state index contributed by atoms with van der Waals surface area (Å²) in [6.45, 7) is 0.239. The molecule has 0 radical (unpaired) electrons. The van der Waals surface area contributed by atoms with Crippen molar-refractivity contribution in [1.29, 1.82) is 0 Å². The number of ether oxygens (including phenoxy) is 1.